The van der Waals surface area contributed by atoms with Gasteiger partial charge in [-0.1, -0.05) is 20.8 Å². The Bertz CT molecular complexity index is 427. The molecule has 1 heterocycles. The number of methoxy groups -OCH3 is 1. The summed E-state index contributed by atoms with van der Waals surface area (Å²) in [5.74, 6) is -0.367. The number of ether oxygens (including phenoxy) is 2. The van der Waals surface area contributed by atoms with Crippen molar-refractivity contribution in [3.05, 3.63) is 5.82 Å². The van der Waals surface area contributed by atoms with E-state index in [1.807, 2.05) is 20.8 Å². The van der Waals surface area contributed by atoms with Gasteiger partial charge in [-0.2, -0.15) is 0 Å². The zero-order valence-electron chi connectivity index (χ0n) is 12.4. The lowest BCUT2D eigenvalue weighted by atomic mass is 9.85. The second-order valence-electron chi connectivity index (χ2n) is 5.56. The van der Waals surface area contributed by atoms with E-state index in [1.165, 1.54) is 0 Å². The molecule has 0 aliphatic heterocycles. The Kier molecular flexibility index (Phi) is 6.03. The first-order chi connectivity index (χ1) is 9.36. The number of rotatable bonds is 8. The number of carboxylic acids is 1. The normalized spacial score (nSPS) is 13.4. The lowest BCUT2D eigenvalue weighted by Gasteiger charge is -2.29. The van der Waals surface area contributed by atoms with Crippen molar-refractivity contribution in [3.63, 3.8) is 0 Å². The van der Waals surface area contributed by atoms with Crippen LogP contribution < -0.4 is 0 Å². The van der Waals surface area contributed by atoms with E-state index in [0.29, 0.717) is 19.0 Å². The fourth-order valence-electron chi connectivity index (χ4n) is 1.78. The summed E-state index contributed by atoms with van der Waals surface area (Å²) in [6, 6.07) is -0.337. The van der Waals surface area contributed by atoms with Crippen LogP contribution in [0, 0.1) is 5.41 Å². The molecule has 0 saturated carbocycles. The molecule has 1 rings (SSSR count). The number of carboxylic acid groups (broad SMARTS) is 1. The molecule has 1 N–H and O–H groups in total. The summed E-state index contributed by atoms with van der Waals surface area (Å²) in [7, 11) is 1.59. The van der Waals surface area contributed by atoms with Crippen LogP contribution in [0.4, 0.5) is 0 Å². The standard InChI is InChI=1S/C12H22N4O4/c1-12(2,3)9(7-11(17)18)16-10(13-14-15-16)8-20-6-5-19-4/h9H,5-8H2,1-4H3,(H,17,18). The summed E-state index contributed by atoms with van der Waals surface area (Å²) >= 11 is 0. The Labute approximate surface area is 118 Å². The van der Waals surface area contributed by atoms with Crippen molar-refractivity contribution in [3.8, 4) is 0 Å². The van der Waals surface area contributed by atoms with Crippen molar-refractivity contribution < 1.29 is 19.4 Å². The summed E-state index contributed by atoms with van der Waals surface area (Å²) in [4.78, 5) is 11.0. The van der Waals surface area contributed by atoms with Gasteiger partial charge in [-0.3, -0.25) is 4.79 Å². The number of carbonyl (C=O) groups is 1. The summed E-state index contributed by atoms with van der Waals surface area (Å²) in [6.45, 7) is 7.01. The Morgan fingerprint density at radius 2 is 2.10 bits per heavy atom. The van der Waals surface area contributed by atoms with Gasteiger partial charge in [0.1, 0.15) is 6.61 Å². The Balaban J connectivity index is 2.81. The Hall–Kier alpha value is -1.54. The molecule has 0 fully saturated rings. The molecule has 1 unspecified atom stereocenters. The van der Waals surface area contributed by atoms with E-state index >= 15 is 0 Å². The maximum atomic E-state index is 11.0. The van der Waals surface area contributed by atoms with Crippen LogP contribution in [0.25, 0.3) is 0 Å². The Morgan fingerprint density at radius 3 is 2.65 bits per heavy atom. The molecular formula is C12H22N4O4. The number of nitrogens with zero attached hydrogens (tertiary/aromatic N) is 4. The van der Waals surface area contributed by atoms with Crippen molar-refractivity contribution in [2.45, 2.75) is 39.8 Å². The highest BCUT2D eigenvalue weighted by atomic mass is 16.5. The molecule has 0 radical (unpaired) electrons. The second-order valence-corrected chi connectivity index (χ2v) is 5.56. The van der Waals surface area contributed by atoms with Crippen molar-refractivity contribution >= 4 is 5.97 Å². The van der Waals surface area contributed by atoms with Crippen LogP contribution in [0.15, 0.2) is 0 Å². The monoisotopic (exact) mass is 286 g/mol. The second kappa shape index (κ2) is 7.30. The molecule has 8 nitrogen and oxygen atoms in total. The molecule has 8 heteroatoms. The first kappa shape index (κ1) is 16.5. The number of tetrazole rings is 1. The highest BCUT2D eigenvalue weighted by Crippen LogP contribution is 2.33. The largest absolute Gasteiger partial charge is 0.481 e. The van der Waals surface area contributed by atoms with Crippen molar-refractivity contribution in [2.24, 2.45) is 5.41 Å². The molecule has 0 bridgehead atoms. The lowest BCUT2D eigenvalue weighted by Crippen LogP contribution is -2.29. The van der Waals surface area contributed by atoms with Gasteiger partial charge < -0.3 is 14.6 Å². The van der Waals surface area contributed by atoms with Crippen LogP contribution in [-0.2, 0) is 20.9 Å². The molecule has 0 spiro atoms. The smallest absolute Gasteiger partial charge is 0.305 e. The van der Waals surface area contributed by atoms with Crippen LogP contribution >= 0.6 is 0 Å². The minimum absolute atomic E-state index is 0.0421. The number of aliphatic carboxylic acids is 1. The molecule has 0 aliphatic rings. The number of hydrogen-bond donors (Lipinski definition) is 1. The average molecular weight is 286 g/mol. The first-order valence-electron chi connectivity index (χ1n) is 6.41. The fourth-order valence-corrected chi connectivity index (χ4v) is 1.78. The highest BCUT2D eigenvalue weighted by molar-refractivity contribution is 5.67. The van der Waals surface area contributed by atoms with E-state index in [-0.39, 0.29) is 24.5 Å². The van der Waals surface area contributed by atoms with Gasteiger partial charge in [0.25, 0.3) is 0 Å². The van der Waals surface area contributed by atoms with Gasteiger partial charge in [0, 0.05) is 7.11 Å². The number of hydrogen-bond acceptors (Lipinski definition) is 6. The summed E-state index contributed by atoms with van der Waals surface area (Å²) in [5, 5.41) is 20.5. The fraction of sp³-hybridized carbons (Fsp3) is 0.833. The molecule has 20 heavy (non-hydrogen) atoms. The van der Waals surface area contributed by atoms with Gasteiger partial charge in [-0.15, -0.1) is 5.10 Å². The van der Waals surface area contributed by atoms with Gasteiger partial charge >= 0.3 is 5.97 Å². The molecule has 1 atom stereocenters. The van der Waals surface area contributed by atoms with Crippen molar-refractivity contribution in [2.75, 3.05) is 20.3 Å². The third-order valence-corrected chi connectivity index (χ3v) is 2.89. The molecular weight excluding hydrogens is 264 g/mol. The van der Waals surface area contributed by atoms with E-state index in [9.17, 15) is 4.79 Å². The van der Waals surface area contributed by atoms with Gasteiger partial charge in [-0.25, -0.2) is 4.68 Å². The van der Waals surface area contributed by atoms with Crippen LogP contribution in [0.5, 0.6) is 0 Å². The topological polar surface area (TPSA) is 99.4 Å². The molecule has 1 aromatic heterocycles. The van der Waals surface area contributed by atoms with Crippen LogP contribution in [0.2, 0.25) is 0 Å². The van der Waals surface area contributed by atoms with Crippen LogP contribution in [0.1, 0.15) is 39.1 Å². The van der Waals surface area contributed by atoms with Crippen LogP contribution in [-0.4, -0.2) is 51.6 Å². The minimum Gasteiger partial charge on any atom is -0.481 e. The van der Waals surface area contributed by atoms with E-state index in [2.05, 4.69) is 15.5 Å². The predicted octanol–water partition coefficient (Wildman–Crippen LogP) is 0.898. The molecule has 114 valence electrons. The zero-order chi connectivity index (χ0) is 15.2. The van der Waals surface area contributed by atoms with E-state index in [0.717, 1.165) is 0 Å². The average Bonchev–Trinajstić information content (AvgIpc) is 2.78. The van der Waals surface area contributed by atoms with Crippen LogP contribution in [0.3, 0.4) is 0 Å². The van der Waals surface area contributed by atoms with Gasteiger partial charge in [0.2, 0.25) is 0 Å². The number of aromatic nitrogens is 4. The maximum Gasteiger partial charge on any atom is 0.305 e. The summed E-state index contributed by atoms with van der Waals surface area (Å²) in [5.41, 5.74) is -0.283. The zero-order valence-corrected chi connectivity index (χ0v) is 12.4. The summed E-state index contributed by atoms with van der Waals surface area (Å²) in [6.07, 6.45) is -0.0421. The van der Waals surface area contributed by atoms with E-state index in [4.69, 9.17) is 14.6 Å². The Morgan fingerprint density at radius 1 is 1.40 bits per heavy atom. The van der Waals surface area contributed by atoms with E-state index < -0.39 is 5.97 Å². The minimum atomic E-state index is -0.883. The third kappa shape index (κ3) is 4.86. The molecule has 0 saturated heterocycles. The molecule has 1 aromatic rings. The maximum absolute atomic E-state index is 11.0. The third-order valence-electron chi connectivity index (χ3n) is 2.89. The van der Waals surface area contributed by atoms with Gasteiger partial charge in [-0.05, 0) is 15.8 Å². The van der Waals surface area contributed by atoms with Crippen molar-refractivity contribution in [1.82, 2.24) is 20.2 Å². The first-order valence-corrected chi connectivity index (χ1v) is 6.41. The van der Waals surface area contributed by atoms with Crippen molar-refractivity contribution in [1.29, 1.82) is 0 Å². The van der Waals surface area contributed by atoms with Gasteiger partial charge in [0.05, 0.1) is 25.7 Å². The van der Waals surface area contributed by atoms with E-state index in [1.54, 1.807) is 11.8 Å². The van der Waals surface area contributed by atoms with Gasteiger partial charge in [0.15, 0.2) is 5.82 Å². The highest BCUT2D eigenvalue weighted by Gasteiger charge is 2.31. The summed E-state index contributed by atoms with van der Waals surface area (Å²) < 4.78 is 11.8. The SMILES string of the molecule is COCCOCc1nnnn1C(CC(=O)O)C(C)(C)C. The molecule has 0 aliphatic carbocycles. The molecule has 0 amide bonds. The predicted molar refractivity (Wildman–Crippen MR) is 70.1 cm³/mol. The lowest BCUT2D eigenvalue weighted by molar-refractivity contribution is -0.139. The quantitative estimate of drug-likeness (QED) is 0.708. The molecule has 0 aromatic carbocycles.